The smallest absolute Gasteiger partial charge is 0.252 e. The highest BCUT2D eigenvalue weighted by molar-refractivity contribution is 5.94. The molecule has 7 nitrogen and oxygen atoms in total. The Balaban J connectivity index is 1.59. The first-order valence-electron chi connectivity index (χ1n) is 8.15. The van der Waals surface area contributed by atoms with Crippen molar-refractivity contribution in [2.75, 3.05) is 20.2 Å². The van der Waals surface area contributed by atoms with Gasteiger partial charge in [0.1, 0.15) is 6.61 Å². The lowest BCUT2D eigenvalue weighted by Crippen LogP contribution is -2.28. The molecule has 1 amide bonds. The normalized spacial score (nSPS) is 17.6. The maximum Gasteiger partial charge on any atom is 0.252 e. The van der Waals surface area contributed by atoms with Crippen molar-refractivity contribution >= 4 is 5.91 Å². The molecule has 0 aliphatic carbocycles. The Kier molecular flexibility index (Phi) is 5.55. The summed E-state index contributed by atoms with van der Waals surface area (Å²) in [7, 11) is 1.56. The molecule has 1 aromatic carbocycles. The number of nitrogens with one attached hydrogen (secondary N) is 2. The van der Waals surface area contributed by atoms with Crippen LogP contribution < -0.4 is 10.6 Å². The first-order valence-corrected chi connectivity index (χ1v) is 8.15. The van der Waals surface area contributed by atoms with Crippen LogP contribution in [-0.4, -0.2) is 36.2 Å². The number of piperidine rings is 1. The second-order valence-corrected chi connectivity index (χ2v) is 5.89. The van der Waals surface area contributed by atoms with Crippen molar-refractivity contribution in [3.63, 3.8) is 0 Å². The van der Waals surface area contributed by atoms with E-state index >= 15 is 0 Å². The Hall–Kier alpha value is -2.25. The number of rotatable bonds is 6. The Labute approximate surface area is 140 Å². The molecule has 1 aliphatic heterocycles. The SMILES string of the molecule is COCc1nc(CNC(=O)c2cccc(C3CCCNC3)c2)no1. The summed E-state index contributed by atoms with van der Waals surface area (Å²) < 4.78 is 9.92. The topological polar surface area (TPSA) is 89.3 Å². The van der Waals surface area contributed by atoms with Gasteiger partial charge in [-0.05, 0) is 43.0 Å². The molecule has 0 spiro atoms. The highest BCUT2D eigenvalue weighted by atomic mass is 16.5. The van der Waals surface area contributed by atoms with Gasteiger partial charge >= 0.3 is 0 Å². The van der Waals surface area contributed by atoms with Crippen LogP contribution in [0.4, 0.5) is 0 Å². The molecule has 128 valence electrons. The molecule has 0 saturated carbocycles. The lowest BCUT2D eigenvalue weighted by atomic mass is 9.90. The number of ether oxygens (including phenoxy) is 1. The molecular formula is C17H22N4O3. The van der Waals surface area contributed by atoms with E-state index in [0.717, 1.165) is 19.5 Å². The van der Waals surface area contributed by atoms with Crippen molar-refractivity contribution in [2.24, 2.45) is 0 Å². The van der Waals surface area contributed by atoms with E-state index in [-0.39, 0.29) is 19.1 Å². The summed E-state index contributed by atoms with van der Waals surface area (Å²) in [5, 5.41) is 10.0. The van der Waals surface area contributed by atoms with Gasteiger partial charge in [-0.25, -0.2) is 0 Å². The fourth-order valence-corrected chi connectivity index (χ4v) is 2.88. The average Bonchev–Trinajstić information content (AvgIpc) is 3.08. The molecule has 1 aliphatic rings. The monoisotopic (exact) mass is 330 g/mol. The third-order valence-corrected chi connectivity index (χ3v) is 4.10. The number of hydrogen-bond donors (Lipinski definition) is 2. The van der Waals surface area contributed by atoms with E-state index in [1.54, 1.807) is 7.11 Å². The van der Waals surface area contributed by atoms with E-state index in [1.165, 1.54) is 12.0 Å². The van der Waals surface area contributed by atoms with Gasteiger partial charge in [0.25, 0.3) is 11.8 Å². The molecule has 1 aromatic heterocycles. The third kappa shape index (κ3) is 4.18. The third-order valence-electron chi connectivity index (χ3n) is 4.10. The van der Waals surface area contributed by atoms with E-state index in [0.29, 0.717) is 23.2 Å². The lowest BCUT2D eigenvalue weighted by Gasteiger charge is -2.23. The summed E-state index contributed by atoms with van der Waals surface area (Å²) in [5.41, 5.74) is 1.86. The van der Waals surface area contributed by atoms with Gasteiger partial charge in [-0.3, -0.25) is 4.79 Å². The second kappa shape index (κ2) is 8.03. The highest BCUT2D eigenvalue weighted by Gasteiger charge is 2.16. The van der Waals surface area contributed by atoms with E-state index < -0.39 is 0 Å². The van der Waals surface area contributed by atoms with Crippen LogP contribution >= 0.6 is 0 Å². The zero-order valence-electron chi connectivity index (χ0n) is 13.7. The molecule has 1 atom stereocenters. The molecular weight excluding hydrogens is 308 g/mol. The van der Waals surface area contributed by atoms with E-state index in [1.807, 2.05) is 18.2 Å². The Morgan fingerprint density at radius 3 is 3.21 bits per heavy atom. The quantitative estimate of drug-likeness (QED) is 0.836. The van der Waals surface area contributed by atoms with Gasteiger partial charge in [0.05, 0.1) is 6.54 Å². The molecule has 0 radical (unpaired) electrons. The number of methoxy groups -OCH3 is 1. The first-order chi connectivity index (χ1) is 11.8. The summed E-state index contributed by atoms with van der Waals surface area (Å²) in [5.74, 6) is 1.16. The van der Waals surface area contributed by atoms with Crippen molar-refractivity contribution in [3.05, 3.63) is 47.1 Å². The van der Waals surface area contributed by atoms with E-state index in [2.05, 4.69) is 26.8 Å². The van der Waals surface area contributed by atoms with Crippen LogP contribution in [-0.2, 0) is 17.9 Å². The lowest BCUT2D eigenvalue weighted by molar-refractivity contribution is 0.0949. The van der Waals surface area contributed by atoms with E-state index in [9.17, 15) is 4.79 Å². The number of hydrogen-bond acceptors (Lipinski definition) is 6. The predicted molar refractivity (Wildman–Crippen MR) is 87.5 cm³/mol. The molecule has 24 heavy (non-hydrogen) atoms. The summed E-state index contributed by atoms with van der Waals surface area (Å²) in [6.45, 7) is 2.53. The highest BCUT2D eigenvalue weighted by Crippen LogP contribution is 2.23. The fraction of sp³-hybridized carbons (Fsp3) is 0.471. The number of aromatic nitrogens is 2. The summed E-state index contributed by atoms with van der Waals surface area (Å²) >= 11 is 0. The zero-order valence-corrected chi connectivity index (χ0v) is 13.7. The van der Waals surface area contributed by atoms with Gasteiger partial charge in [0.2, 0.25) is 0 Å². The fourth-order valence-electron chi connectivity index (χ4n) is 2.88. The molecule has 1 unspecified atom stereocenters. The number of nitrogens with zero attached hydrogens (tertiary/aromatic N) is 2. The van der Waals surface area contributed by atoms with Gasteiger partial charge in [-0.15, -0.1) is 0 Å². The van der Waals surface area contributed by atoms with Crippen LogP contribution in [0.1, 0.15) is 46.4 Å². The summed E-state index contributed by atoms with van der Waals surface area (Å²) in [6, 6.07) is 7.82. The Bertz CT molecular complexity index is 680. The van der Waals surface area contributed by atoms with Crippen LogP contribution in [0.5, 0.6) is 0 Å². The van der Waals surface area contributed by atoms with Crippen molar-refractivity contribution in [2.45, 2.75) is 31.9 Å². The molecule has 2 aromatic rings. The maximum atomic E-state index is 12.3. The van der Waals surface area contributed by atoms with Crippen LogP contribution in [0.15, 0.2) is 28.8 Å². The largest absolute Gasteiger partial charge is 0.375 e. The van der Waals surface area contributed by atoms with Crippen LogP contribution in [0.25, 0.3) is 0 Å². The zero-order chi connectivity index (χ0) is 16.8. The van der Waals surface area contributed by atoms with Crippen LogP contribution in [0.2, 0.25) is 0 Å². The second-order valence-electron chi connectivity index (χ2n) is 5.89. The standard InChI is InChI=1S/C17H22N4O3/c1-23-11-16-20-15(21-24-16)10-19-17(22)13-5-2-4-12(8-13)14-6-3-7-18-9-14/h2,4-5,8,14,18H,3,6-7,9-11H2,1H3,(H,19,22). The van der Waals surface area contributed by atoms with Crippen LogP contribution in [0, 0.1) is 0 Å². The van der Waals surface area contributed by atoms with Gasteiger partial charge in [0, 0.05) is 19.2 Å². The van der Waals surface area contributed by atoms with Crippen LogP contribution in [0.3, 0.4) is 0 Å². The number of carbonyl (C=O) groups is 1. The van der Waals surface area contributed by atoms with Crippen molar-refractivity contribution in [1.29, 1.82) is 0 Å². The minimum atomic E-state index is -0.140. The van der Waals surface area contributed by atoms with E-state index in [4.69, 9.17) is 9.26 Å². The van der Waals surface area contributed by atoms with Gasteiger partial charge in [0.15, 0.2) is 5.82 Å². The minimum Gasteiger partial charge on any atom is -0.375 e. The molecule has 3 rings (SSSR count). The molecule has 0 bridgehead atoms. The Morgan fingerprint density at radius 1 is 1.50 bits per heavy atom. The average molecular weight is 330 g/mol. The number of benzene rings is 1. The Morgan fingerprint density at radius 2 is 2.42 bits per heavy atom. The van der Waals surface area contributed by atoms with Gasteiger partial charge in [-0.1, -0.05) is 17.3 Å². The summed E-state index contributed by atoms with van der Waals surface area (Å²) in [6.07, 6.45) is 2.33. The first kappa shape index (κ1) is 16.6. The van der Waals surface area contributed by atoms with Crippen molar-refractivity contribution < 1.29 is 14.1 Å². The van der Waals surface area contributed by atoms with Gasteiger partial charge < -0.3 is 19.9 Å². The molecule has 7 heteroatoms. The maximum absolute atomic E-state index is 12.3. The molecule has 1 saturated heterocycles. The van der Waals surface area contributed by atoms with Crippen molar-refractivity contribution in [1.82, 2.24) is 20.8 Å². The molecule has 2 N–H and O–H groups in total. The van der Waals surface area contributed by atoms with Crippen molar-refractivity contribution in [3.8, 4) is 0 Å². The molecule has 1 fully saturated rings. The predicted octanol–water partition coefficient (Wildman–Crippen LogP) is 1.61. The number of amides is 1. The molecule has 2 heterocycles. The number of carbonyl (C=O) groups excluding carboxylic acids is 1. The minimum absolute atomic E-state index is 0.140. The van der Waals surface area contributed by atoms with Gasteiger partial charge in [-0.2, -0.15) is 4.98 Å². The summed E-state index contributed by atoms with van der Waals surface area (Å²) in [4.78, 5) is 16.5.